The second-order valence-corrected chi connectivity index (χ2v) is 5.33. The second-order valence-electron chi connectivity index (χ2n) is 5.33. The Labute approximate surface area is 141 Å². The van der Waals surface area contributed by atoms with Crippen molar-refractivity contribution in [3.05, 3.63) is 35.4 Å². The molecule has 0 bridgehead atoms. The predicted molar refractivity (Wildman–Crippen MR) is 88.3 cm³/mol. The average molecular weight is 336 g/mol. The molecule has 8 nitrogen and oxygen atoms in total. The van der Waals surface area contributed by atoms with Gasteiger partial charge in [0.1, 0.15) is 7.11 Å². The minimum absolute atomic E-state index is 0.195. The highest BCUT2D eigenvalue weighted by atomic mass is 16.9. The molecule has 1 N–H and O–H groups in total. The van der Waals surface area contributed by atoms with Crippen LogP contribution in [0.15, 0.2) is 29.4 Å². The molecule has 0 aliphatic carbocycles. The van der Waals surface area contributed by atoms with Crippen molar-refractivity contribution in [1.29, 1.82) is 0 Å². The van der Waals surface area contributed by atoms with Crippen LogP contribution in [-0.4, -0.2) is 49.3 Å². The molecule has 1 amide bonds. The molecule has 0 aromatic heterocycles. The Morgan fingerprint density at radius 2 is 2.21 bits per heavy atom. The zero-order valence-electron chi connectivity index (χ0n) is 14.6. The third kappa shape index (κ3) is 3.57. The molecule has 1 aliphatic heterocycles. The van der Waals surface area contributed by atoms with E-state index in [2.05, 4.69) is 17.4 Å². The summed E-state index contributed by atoms with van der Waals surface area (Å²) in [6.45, 7) is 4.13. The molecule has 1 aliphatic rings. The molecule has 132 valence electrons. The van der Waals surface area contributed by atoms with Gasteiger partial charge >= 0.3 is 0 Å². The minimum atomic E-state index is -0.377. The van der Waals surface area contributed by atoms with E-state index in [4.69, 9.17) is 14.5 Å². The number of amides is 1. The molecule has 0 radical (unpaired) electrons. The van der Waals surface area contributed by atoms with Gasteiger partial charge in [0.2, 0.25) is 0 Å². The highest BCUT2D eigenvalue weighted by Crippen LogP contribution is 2.36. The van der Waals surface area contributed by atoms with Crippen LogP contribution < -0.4 is 5.32 Å². The van der Waals surface area contributed by atoms with Crippen LogP contribution in [0.3, 0.4) is 0 Å². The van der Waals surface area contributed by atoms with Gasteiger partial charge in [0.25, 0.3) is 5.91 Å². The van der Waals surface area contributed by atoms with Gasteiger partial charge in [-0.05, 0) is 19.4 Å². The topological polar surface area (TPSA) is 75.6 Å². The fourth-order valence-electron chi connectivity index (χ4n) is 2.34. The van der Waals surface area contributed by atoms with Crippen LogP contribution in [0.25, 0.3) is 0 Å². The molecule has 1 heterocycles. The fourth-order valence-corrected chi connectivity index (χ4v) is 2.34. The summed E-state index contributed by atoms with van der Waals surface area (Å²) in [4.78, 5) is 28.0. The van der Waals surface area contributed by atoms with Crippen molar-refractivity contribution in [3.63, 3.8) is 0 Å². The zero-order valence-corrected chi connectivity index (χ0v) is 14.6. The molecule has 1 aromatic carbocycles. The number of hydrogen-bond donors (Lipinski definition) is 1. The number of oxime groups is 1. The number of carbonyl (C=O) groups excluding carboxylic acids is 1. The van der Waals surface area contributed by atoms with E-state index in [1.165, 1.54) is 7.11 Å². The lowest BCUT2D eigenvalue weighted by Crippen LogP contribution is -2.59. The molecule has 1 saturated heterocycles. The Hall–Kier alpha value is -2.00. The van der Waals surface area contributed by atoms with Crippen LogP contribution >= 0.6 is 0 Å². The Morgan fingerprint density at radius 1 is 1.46 bits per heavy atom. The van der Waals surface area contributed by atoms with E-state index in [0.717, 1.165) is 12.0 Å². The summed E-state index contributed by atoms with van der Waals surface area (Å²) in [6, 6.07) is 7.56. The highest BCUT2D eigenvalue weighted by Gasteiger charge is 2.42. The van der Waals surface area contributed by atoms with Crippen molar-refractivity contribution in [2.75, 3.05) is 21.3 Å². The molecule has 0 saturated carbocycles. The molecule has 2 rings (SSSR count). The summed E-state index contributed by atoms with van der Waals surface area (Å²) in [5.74, 6) is -0.326. The van der Waals surface area contributed by atoms with Gasteiger partial charge in [0, 0.05) is 18.2 Å². The van der Waals surface area contributed by atoms with Gasteiger partial charge in [-0.2, -0.15) is 0 Å². The first-order valence-corrected chi connectivity index (χ1v) is 7.80. The SMILES string of the molecule is CCC(C)N1OC(c2cccc(C(=NOC)C(=O)NC)c2)N1OC. The number of benzene rings is 1. The number of hydrazine groups is 1. The fraction of sp³-hybridized carbons (Fsp3) is 0.500. The number of nitrogens with zero attached hydrogens (tertiary/aromatic N) is 3. The standard InChI is InChI=1S/C16H24N4O4/c1-6-11(2)19-20(23-5)16(24-19)13-9-7-8-12(10-13)14(18-22-4)15(21)17-3/h7-11,16H,6H2,1-5H3,(H,17,21). The van der Waals surface area contributed by atoms with Crippen LogP contribution in [0.2, 0.25) is 0 Å². The Bertz CT molecular complexity index is 607. The van der Waals surface area contributed by atoms with Crippen molar-refractivity contribution in [1.82, 2.24) is 15.7 Å². The van der Waals surface area contributed by atoms with E-state index in [-0.39, 0.29) is 23.9 Å². The second kappa shape index (κ2) is 8.20. The van der Waals surface area contributed by atoms with Gasteiger partial charge in [0.15, 0.2) is 11.9 Å². The van der Waals surface area contributed by atoms with E-state index in [1.54, 1.807) is 30.6 Å². The quantitative estimate of drug-likeness (QED) is 0.602. The van der Waals surface area contributed by atoms with E-state index in [0.29, 0.717) is 5.56 Å². The van der Waals surface area contributed by atoms with Crippen molar-refractivity contribution in [2.24, 2.45) is 5.16 Å². The van der Waals surface area contributed by atoms with E-state index >= 15 is 0 Å². The number of hydroxylamine groups is 2. The maximum absolute atomic E-state index is 12.0. The molecule has 1 fully saturated rings. The smallest absolute Gasteiger partial charge is 0.273 e. The predicted octanol–water partition coefficient (Wildman–Crippen LogP) is 1.61. The molecular formula is C16H24N4O4. The lowest BCUT2D eigenvalue weighted by Gasteiger charge is -2.49. The number of carbonyl (C=O) groups is 1. The Balaban J connectivity index is 2.25. The molecule has 8 heteroatoms. The molecule has 2 unspecified atom stereocenters. The molecule has 1 aromatic rings. The third-order valence-corrected chi connectivity index (χ3v) is 3.83. The lowest BCUT2D eigenvalue weighted by atomic mass is 10.0. The van der Waals surface area contributed by atoms with Gasteiger partial charge < -0.3 is 10.2 Å². The summed E-state index contributed by atoms with van der Waals surface area (Å²) in [6.07, 6.45) is 0.547. The van der Waals surface area contributed by atoms with Crippen LogP contribution in [0.1, 0.15) is 37.6 Å². The van der Waals surface area contributed by atoms with Crippen molar-refractivity contribution >= 4 is 11.6 Å². The maximum Gasteiger partial charge on any atom is 0.273 e. The summed E-state index contributed by atoms with van der Waals surface area (Å²) in [7, 11) is 4.54. The summed E-state index contributed by atoms with van der Waals surface area (Å²) < 4.78 is 0. The van der Waals surface area contributed by atoms with Gasteiger partial charge in [0.05, 0.1) is 13.2 Å². The number of rotatable bonds is 7. The van der Waals surface area contributed by atoms with Gasteiger partial charge in [-0.1, -0.05) is 40.6 Å². The van der Waals surface area contributed by atoms with Crippen LogP contribution in [0, 0.1) is 0 Å². The van der Waals surface area contributed by atoms with Gasteiger partial charge in [-0.15, -0.1) is 0 Å². The maximum atomic E-state index is 12.0. The zero-order chi connectivity index (χ0) is 17.7. The lowest BCUT2D eigenvalue weighted by molar-refractivity contribution is -0.577. The third-order valence-electron chi connectivity index (χ3n) is 3.83. The summed E-state index contributed by atoms with van der Waals surface area (Å²) in [5, 5.41) is 9.73. The first-order chi connectivity index (χ1) is 11.6. The van der Waals surface area contributed by atoms with E-state index in [9.17, 15) is 4.79 Å². The van der Waals surface area contributed by atoms with Crippen LogP contribution in [0.4, 0.5) is 0 Å². The molecule has 0 spiro atoms. The van der Waals surface area contributed by atoms with Gasteiger partial charge in [-0.3, -0.25) is 14.5 Å². The summed E-state index contributed by atoms with van der Waals surface area (Å²) in [5.41, 5.74) is 1.68. The first kappa shape index (κ1) is 18.3. The molecule has 2 atom stereocenters. The highest BCUT2D eigenvalue weighted by molar-refractivity contribution is 6.45. The average Bonchev–Trinajstić information content (AvgIpc) is 2.58. The van der Waals surface area contributed by atoms with Crippen LogP contribution in [-0.2, 0) is 19.3 Å². The Kier molecular flexibility index (Phi) is 6.27. The van der Waals surface area contributed by atoms with Gasteiger partial charge in [-0.25, -0.2) is 0 Å². The number of likely N-dealkylation sites (N-methyl/N-ethyl adjacent to an activating group) is 1. The van der Waals surface area contributed by atoms with E-state index in [1.807, 2.05) is 25.1 Å². The number of hydrogen-bond acceptors (Lipinski definition) is 7. The first-order valence-electron chi connectivity index (χ1n) is 7.80. The minimum Gasteiger partial charge on any atom is -0.398 e. The molecular weight excluding hydrogens is 312 g/mol. The van der Waals surface area contributed by atoms with Crippen molar-refractivity contribution in [2.45, 2.75) is 32.5 Å². The molecule has 24 heavy (non-hydrogen) atoms. The largest absolute Gasteiger partial charge is 0.398 e. The monoisotopic (exact) mass is 336 g/mol. The van der Waals surface area contributed by atoms with E-state index < -0.39 is 0 Å². The number of nitrogens with one attached hydrogen (secondary N) is 1. The van der Waals surface area contributed by atoms with Crippen molar-refractivity contribution in [3.8, 4) is 0 Å². The normalized spacial score (nSPS) is 20.4. The summed E-state index contributed by atoms with van der Waals surface area (Å²) >= 11 is 0. The van der Waals surface area contributed by atoms with Crippen molar-refractivity contribution < 1.29 is 19.3 Å². The Morgan fingerprint density at radius 3 is 2.79 bits per heavy atom. The van der Waals surface area contributed by atoms with Crippen LogP contribution in [0.5, 0.6) is 0 Å².